The minimum atomic E-state index is -0.839. The van der Waals surface area contributed by atoms with E-state index in [0.29, 0.717) is 18.5 Å². The van der Waals surface area contributed by atoms with Gasteiger partial charge in [-0.25, -0.2) is 4.39 Å². The van der Waals surface area contributed by atoms with E-state index in [2.05, 4.69) is 10.6 Å². The Balaban J connectivity index is 1.80. The molecular weight excluding hydrogens is 311 g/mol. The van der Waals surface area contributed by atoms with Crippen LogP contribution in [0.25, 0.3) is 0 Å². The Hall–Kier alpha value is -2.73. The minimum Gasteiger partial charge on any atom is -0.392 e. The number of hydrogen-bond acceptors (Lipinski definition) is 3. The fourth-order valence-corrected chi connectivity index (χ4v) is 2.07. The van der Waals surface area contributed by atoms with Crippen LogP contribution in [0.4, 0.5) is 10.1 Å². The molecule has 0 saturated heterocycles. The van der Waals surface area contributed by atoms with Crippen molar-refractivity contribution >= 4 is 17.5 Å². The van der Waals surface area contributed by atoms with Crippen molar-refractivity contribution < 1.29 is 19.1 Å². The maximum Gasteiger partial charge on any atom is 0.313 e. The van der Waals surface area contributed by atoms with Crippen molar-refractivity contribution in [3.05, 3.63) is 65.0 Å². The molecule has 0 bridgehead atoms. The second-order valence-electron chi connectivity index (χ2n) is 5.40. The molecule has 2 rings (SSSR count). The SMILES string of the molecule is Cc1ccc(NC(=O)C(=O)NCCc2ccc(CO)cc2)cc1F. The average molecular weight is 330 g/mol. The predicted octanol–water partition coefficient (Wildman–Crippen LogP) is 1.92. The largest absolute Gasteiger partial charge is 0.392 e. The number of amides is 2. The highest BCUT2D eigenvalue weighted by Crippen LogP contribution is 2.13. The van der Waals surface area contributed by atoms with Gasteiger partial charge in [0.25, 0.3) is 0 Å². The number of benzene rings is 2. The first-order chi connectivity index (χ1) is 11.5. The first-order valence-electron chi connectivity index (χ1n) is 7.53. The van der Waals surface area contributed by atoms with Gasteiger partial charge in [-0.05, 0) is 42.2 Å². The molecule has 0 atom stereocenters. The van der Waals surface area contributed by atoms with Gasteiger partial charge in [-0.1, -0.05) is 30.3 Å². The fraction of sp³-hybridized carbons (Fsp3) is 0.222. The number of carbonyl (C=O) groups is 2. The fourth-order valence-electron chi connectivity index (χ4n) is 2.07. The molecule has 2 aromatic carbocycles. The summed E-state index contributed by atoms with van der Waals surface area (Å²) in [6.07, 6.45) is 0.559. The number of hydrogen-bond donors (Lipinski definition) is 3. The second kappa shape index (κ2) is 8.21. The quantitative estimate of drug-likeness (QED) is 0.733. The molecule has 2 aromatic rings. The van der Waals surface area contributed by atoms with E-state index >= 15 is 0 Å². The summed E-state index contributed by atoms with van der Waals surface area (Å²) in [5.41, 5.74) is 2.49. The standard InChI is InChI=1S/C18H19FN2O3/c1-12-2-7-15(10-16(12)19)21-18(24)17(23)20-9-8-13-3-5-14(11-22)6-4-13/h2-7,10,22H,8-9,11H2,1H3,(H,20,23)(H,21,24). The van der Waals surface area contributed by atoms with Crippen LogP contribution in [0.5, 0.6) is 0 Å². The summed E-state index contributed by atoms with van der Waals surface area (Å²) in [5, 5.41) is 13.8. The van der Waals surface area contributed by atoms with Crippen molar-refractivity contribution in [1.29, 1.82) is 0 Å². The van der Waals surface area contributed by atoms with Gasteiger partial charge in [-0.2, -0.15) is 0 Å². The Morgan fingerprint density at radius 2 is 1.71 bits per heavy atom. The molecule has 24 heavy (non-hydrogen) atoms. The smallest absolute Gasteiger partial charge is 0.313 e. The summed E-state index contributed by atoms with van der Waals surface area (Å²) in [4.78, 5) is 23.5. The minimum absolute atomic E-state index is 0.0171. The van der Waals surface area contributed by atoms with Crippen LogP contribution in [0.15, 0.2) is 42.5 Å². The van der Waals surface area contributed by atoms with E-state index < -0.39 is 17.6 Å². The average Bonchev–Trinajstić information content (AvgIpc) is 2.58. The van der Waals surface area contributed by atoms with Gasteiger partial charge in [0.15, 0.2) is 0 Å². The Kier molecular flexibility index (Phi) is 6.03. The van der Waals surface area contributed by atoms with Gasteiger partial charge in [0.1, 0.15) is 5.82 Å². The Bertz CT molecular complexity index is 730. The number of aliphatic hydroxyl groups excluding tert-OH is 1. The first kappa shape index (κ1) is 17.6. The highest BCUT2D eigenvalue weighted by Gasteiger charge is 2.13. The summed E-state index contributed by atoms with van der Waals surface area (Å²) in [6, 6.07) is 11.5. The second-order valence-corrected chi connectivity index (χ2v) is 5.40. The molecule has 0 saturated carbocycles. The maximum atomic E-state index is 13.4. The highest BCUT2D eigenvalue weighted by atomic mass is 19.1. The maximum absolute atomic E-state index is 13.4. The van der Waals surface area contributed by atoms with Crippen LogP contribution in [-0.4, -0.2) is 23.5 Å². The van der Waals surface area contributed by atoms with Gasteiger partial charge in [0.2, 0.25) is 0 Å². The molecule has 0 unspecified atom stereocenters. The monoisotopic (exact) mass is 330 g/mol. The molecule has 0 spiro atoms. The zero-order valence-electron chi connectivity index (χ0n) is 13.3. The van der Waals surface area contributed by atoms with Crippen molar-refractivity contribution in [2.24, 2.45) is 0 Å². The van der Waals surface area contributed by atoms with Crippen LogP contribution < -0.4 is 10.6 Å². The molecule has 3 N–H and O–H groups in total. The van der Waals surface area contributed by atoms with E-state index in [1.807, 2.05) is 12.1 Å². The van der Waals surface area contributed by atoms with Crippen LogP contribution in [-0.2, 0) is 22.6 Å². The van der Waals surface area contributed by atoms with Crippen molar-refractivity contribution in [2.75, 3.05) is 11.9 Å². The van der Waals surface area contributed by atoms with Crippen LogP contribution in [0.3, 0.4) is 0 Å². The summed E-state index contributed by atoms with van der Waals surface area (Å²) in [7, 11) is 0. The van der Waals surface area contributed by atoms with Crippen molar-refractivity contribution in [3.63, 3.8) is 0 Å². The van der Waals surface area contributed by atoms with Crippen LogP contribution in [0.1, 0.15) is 16.7 Å². The van der Waals surface area contributed by atoms with Crippen LogP contribution in [0, 0.1) is 12.7 Å². The first-order valence-corrected chi connectivity index (χ1v) is 7.53. The lowest BCUT2D eigenvalue weighted by Gasteiger charge is -2.08. The van der Waals surface area contributed by atoms with Gasteiger partial charge in [0, 0.05) is 12.2 Å². The number of carbonyl (C=O) groups excluding carboxylic acids is 2. The Morgan fingerprint density at radius 1 is 1.04 bits per heavy atom. The normalized spacial score (nSPS) is 10.3. The predicted molar refractivity (Wildman–Crippen MR) is 88.8 cm³/mol. The third-order valence-electron chi connectivity index (χ3n) is 3.54. The highest BCUT2D eigenvalue weighted by molar-refractivity contribution is 6.39. The molecule has 2 amide bonds. The number of rotatable bonds is 5. The summed E-state index contributed by atoms with van der Waals surface area (Å²) in [6.45, 7) is 1.89. The zero-order chi connectivity index (χ0) is 17.5. The third-order valence-corrected chi connectivity index (χ3v) is 3.54. The molecule has 0 aromatic heterocycles. The van der Waals surface area contributed by atoms with Crippen molar-refractivity contribution in [3.8, 4) is 0 Å². The molecule has 6 heteroatoms. The number of nitrogens with one attached hydrogen (secondary N) is 2. The van der Waals surface area contributed by atoms with Gasteiger partial charge < -0.3 is 15.7 Å². The molecular formula is C18H19FN2O3. The molecule has 0 radical (unpaired) electrons. The molecule has 0 aliphatic heterocycles. The molecule has 0 aliphatic rings. The van der Waals surface area contributed by atoms with E-state index in [1.54, 1.807) is 19.1 Å². The third kappa shape index (κ3) is 4.89. The molecule has 0 fully saturated rings. The van der Waals surface area contributed by atoms with E-state index in [4.69, 9.17) is 5.11 Å². The zero-order valence-corrected chi connectivity index (χ0v) is 13.3. The van der Waals surface area contributed by atoms with E-state index in [0.717, 1.165) is 11.1 Å². The van der Waals surface area contributed by atoms with Gasteiger partial charge >= 0.3 is 11.8 Å². The van der Waals surface area contributed by atoms with Gasteiger partial charge in [-0.3, -0.25) is 9.59 Å². The van der Waals surface area contributed by atoms with Crippen molar-refractivity contribution in [2.45, 2.75) is 20.0 Å². The molecule has 126 valence electrons. The summed E-state index contributed by atoms with van der Waals surface area (Å²) < 4.78 is 13.4. The number of aliphatic hydroxyl groups is 1. The van der Waals surface area contributed by atoms with Gasteiger partial charge in [-0.15, -0.1) is 0 Å². The van der Waals surface area contributed by atoms with Crippen molar-refractivity contribution in [1.82, 2.24) is 5.32 Å². The Morgan fingerprint density at radius 3 is 2.33 bits per heavy atom. The lowest BCUT2D eigenvalue weighted by molar-refractivity contribution is -0.136. The lowest BCUT2D eigenvalue weighted by atomic mass is 10.1. The molecule has 0 heterocycles. The van der Waals surface area contributed by atoms with E-state index in [9.17, 15) is 14.0 Å². The Labute approximate surface area is 139 Å². The van der Waals surface area contributed by atoms with Crippen LogP contribution in [0.2, 0.25) is 0 Å². The summed E-state index contributed by atoms with van der Waals surface area (Å²) >= 11 is 0. The van der Waals surface area contributed by atoms with E-state index in [1.165, 1.54) is 18.2 Å². The lowest BCUT2D eigenvalue weighted by Crippen LogP contribution is -2.36. The number of anilines is 1. The molecule has 5 nitrogen and oxygen atoms in total. The number of halogens is 1. The van der Waals surface area contributed by atoms with E-state index in [-0.39, 0.29) is 12.3 Å². The van der Waals surface area contributed by atoms with Crippen LogP contribution >= 0.6 is 0 Å². The summed E-state index contributed by atoms with van der Waals surface area (Å²) in [5.74, 6) is -2.06. The molecule has 0 aliphatic carbocycles. The van der Waals surface area contributed by atoms with Gasteiger partial charge in [0.05, 0.1) is 6.61 Å². The topological polar surface area (TPSA) is 78.4 Å². The number of aryl methyl sites for hydroxylation is 1.